The van der Waals surface area contributed by atoms with Crippen molar-refractivity contribution >= 4 is 23.0 Å². The van der Waals surface area contributed by atoms with E-state index in [-0.39, 0.29) is 0 Å². The Morgan fingerprint density at radius 3 is 3.00 bits per heavy atom. The first-order chi connectivity index (χ1) is 9.25. The van der Waals surface area contributed by atoms with Crippen LogP contribution >= 0.6 is 12.2 Å². The highest BCUT2D eigenvalue weighted by atomic mass is 32.1. The molecule has 1 fully saturated rings. The Bertz CT molecular complexity index is 496. The van der Waals surface area contributed by atoms with Crippen LogP contribution < -0.4 is 10.6 Å². The SMILES string of the molecule is NC(=S)c1cc2c(nc1N1CCCOCC1)CCC2. The second-order valence-corrected chi connectivity index (χ2v) is 5.58. The first kappa shape index (κ1) is 12.8. The molecule has 0 bridgehead atoms. The molecule has 19 heavy (non-hydrogen) atoms. The number of rotatable bonds is 2. The maximum Gasteiger partial charge on any atom is 0.139 e. The highest BCUT2D eigenvalue weighted by Crippen LogP contribution is 2.28. The smallest absolute Gasteiger partial charge is 0.139 e. The highest BCUT2D eigenvalue weighted by Gasteiger charge is 2.21. The van der Waals surface area contributed by atoms with E-state index in [1.807, 2.05) is 0 Å². The third kappa shape index (κ3) is 2.58. The summed E-state index contributed by atoms with van der Waals surface area (Å²) in [6.07, 6.45) is 4.38. The van der Waals surface area contributed by atoms with Crippen LogP contribution in [-0.4, -0.2) is 36.3 Å². The summed E-state index contributed by atoms with van der Waals surface area (Å²) in [5.74, 6) is 0.957. The number of aryl methyl sites for hydroxylation is 2. The first-order valence-corrected chi connectivity index (χ1v) is 7.32. The van der Waals surface area contributed by atoms with Gasteiger partial charge in [-0.15, -0.1) is 0 Å². The van der Waals surface area contributed by atoms with Crippen LogP contribution in [0.5, 0.6) is 0 Å². The molecule has 0 radical (unpaired) electrons. The number of anilines is 1. The molecule has 0 unspecified atom stereocenters. The molecule has 2 aliphatic rings. The minimum atomic E-state index is 0.447. The van der Waals surface area contributed by atoms with Gasteiger partial charge in [-0.2, -0.15) is 0 Å². The Hall–Kier alpha value is -1.20. The number of pyridine rings is 1. The fraction of sp³-hybridized carbons (Fsp3) is 0.571. The number of ether oxygens (including phenoxy) is 1. The normalized spacial score (nSPS) is 19.1. The number of thiocarbonyl (C=S) groups is 1. The van der Waals surface area contributed by atoms with Crippen LogP contribution in [0.2, 0.25) is 0 Å². The van der Waals surface area contributed by atoms with Crippen LogP contribution in [0.3, 0.4) is 0 Å². The molecule has 2 heterocycles. The van der Waals surface area contributed by atoms with Gasteiger partial charge < -0.3 is 15.4 Å². The van der Waals surface area contributed by atoms with Gasteiger partial charge in [-0.1, -0.05) is 12.2 Å². The van der Waals surface area contributed by atoms with Crippen molar-refractivity contribution in [2.24, 2.45) is 5.73 Å². The predicted octanol–water partition coefficient (Wildman–Crippen LogP) is 1.43. The number of nitrogens with zero attached hydrogens (tertiary/aromatic N) is 2. The van der Waals surface area contributed by atoms with Gasteiger partial charge in [0.15, 0.2) is 0 Å². The molecule has 0 aromatic carbocycles. The molecule has 102 valence electrons. The molecule has 1 aliphatic carbocycles. The van der Waals surface area contributed by atoms with E-state index in [0.717, 1.165) is 56.9 Å². The van der Waals surface area contributed by atoms with E-state index in [1.54, 1.807) is 0 Å². The molecule has 0 atom stereocenters. The third-order valence-corrected chi connectivity index (χ3v) is 4.04. The minimum Gasteiger partial charge on any atom is -0.389 e. The lowest BCUT2D eigenvalue weighted by Crippen LogP contribution is -2.30. The van der Waals surface area contributed by atoms with Crippen molar-refractivity contribution in [2.45, 2.75) is 25.7 Å². The van der Waals surface area contributed by atoms with Gasteiger partial charge in [0.2, 0.25) is 0 Å². The molecule has 0 amide bonds. The Kier molecular flexibility index (Phi) is 3.66. The van der Waals surface area contributed by atoms with Gasteiger partial charge in [-0.25, -0.2) is 4.98 Å². The largest absolute Gasteiger partial charge is 0.389 e. The van der Waals surface area contributed by atoms with Gasteiger partial charge in [0, 0.05) is 25.4 Å². The summed E-state index contributed by atoms with van der Waals surface area (Å²) >= 11 is 5.20. The number of aromatic nitrogens is 1. The molecule has 0 saturated carbocycles. The average Bonchev–Trinajstić information content (AvgIpc) is 2.69. The molecule has 2 N–H and O–H groups in total. The molecular weight excluding hydrogens is 258 g/mol. The molecule has 1 aliphatic heterocycles. The molecule has 1 aromatic rings. The second-order valence-electron chi connectivity index (χ2n) is 5.14. The maximum atomic E-state index is 5.89. The maximum absolute atomic E-state index is 5.89. The van der Waals surface area contributed by atoms with Crippen LogP contribution in [0.1, 0.15) is 29.7 Å². The first-order valence-electron chi connectivity index (χ1n) is 6.91. The van der Waals surface area contributed by atoms with Crippen molar-refractivity contribution in [1.82, 2.24) is 4.98 Å². The zero-order valence-electron chi connectivity index (χ0n) is 11.0. The topological polar surface area (TPSA) is 51.4 Å². The zero-order chi connectivity index (χ0) is 13.2. The number of hydrogen-bond donors (Lipinski definition) is 1. The zero-order valence-corrected chi connectivity index (χ0v) is 11.8. The summed E-state index contributed by atoms with van der Waals surface area (Å²) in [7, 11) is 0. The van der Waals surface area contributed by atoms with Crippen molar-refractivity contribution in [3.8, 4) is 0 Å². The Balaban J connectivity index is 2.00. The number of fused-ring (bicyclic) bond motifs is 1. The van der Waals surface area contributed by atoms with Crippen molar-refractivity contribution in [1.29, 1.82) is 0 Å². The molecule has 1 aromatic heterocycles. The molecule has 1 saturated heterocycles. The van der Waals surface area contributed by atoms with Crippen LogP contribution in [0.15, 0.2) is 6.07 Å². The average molecular weight is 277 g/mol. The van der Waals surface area contributed by atoms with E-state index in [4.69, 9.17) is 27.7 Å². The highest BCUT2D eigenvalue weighted by molar-refractivity contribution is 7.80. The molecule has 5 heteroatoms. The second kappa shape index (κ2) is 5.43. The molecular formula is C14H19N3OS. The summed E-state index contributed by atoms with van der Waals surface area (Å²) in [5.41, 5.74) is 9.36. The van der Waals surface area contributed by atoms with Gasteiger partial charge >= 0.3 is 0 Å². The van der Waals surface area contributed by atoms with Gasteiger partial charge in [0.05, 0.1) is 12.2 Å². The summed E-state index contributed by atoms with van der Waals surface area (Å²) in [4.78, 5) is 7.55. The van der Waals surface area contributed by atoms with Crippen LogP contribution in [0, 0.1) is 0 Å². The lowest BCUT2D eigenvalue weighted by Gasteiger charge is -2.24. The van der Waals surface area contributed by atoms with E-state index >= 15 is 0 Å². The van der Waals surface area contributed by atoms with E-state index in [0.29, 0.717) is 4.99 Å². The van der Waals surface area contributed by atoms with E-state index in [9.17, 15) is 0 Å². The van der Waals surface area contributed by atoms with Gasteiger partial charge in [0.25, 0.3) is 0 Å². The Morgan fingerprint density at radius 1 is 1.26 bits per heavy atom. The van der Waals surface area contributed by atoms with Crippen molar-refractivity contribution < 1.29 is 4.74 Å². The summed E-state index contributed by atoms with van der Waals surface area (Å²) < 4.78 is 5.51. The third-order valence-electron chi connectivity index (χ3n) is 3.82. The number of nitrogens with two attached hydrogens (primary N) is 1. The van der Waals surface area contributed by atoms with Crippen LogP contribution in [0.4, 0.5) is 5.82 Å². The van der Waals surface area contributed by atoms with Gasteiger partial charge in [-0.3, -0.25) is 0 Å². The Labute approximate surface area is 118 Å². The number of hydrogen-bond acceptors (Lipinski definition) is 4. The van der Waals surface area contributed by atoms with E-state index in [1.165, 1.54) is 17.7 Å². The lowest BCUT2D eigenvalue weighted by molar-refractivity contribution is 0.152. The predicted molar refractivity (Wildman–Crippen MR) is 79.8 cm³/mol. The standard InChI is InChI=1S/C14H19N3OS/c15-13(19)11-9-10-3-1-4-12(10)16-14(11)17-5-2-7-18-8-6-17/h9H,1-8H2,(H2,15,19). The fourth-order valence-corrected chi connectivity index (χ4v) is 2.99. The molecule has 0 spiro atoms. The molecule has 3 rings (SSSR count). The summed E-state index contributed by atoms with van der Waals surface area (Å²) in [5, 5.41) is 0. The quantitative estimate of drug-likeness (QED) is 0.829. The fourth-order valence-electron chi connectivity index (χ4n) is 2.84. The van der Waals surface area contributed by atoms with Crippen LogP contribution in [0.25, 0.3) is 0 Å². The van der Waals surface area contributed by atoms with Gasteiger partial charge in [0.1, 0.15) is 10.8 Å². The van der Waals surface area contributed by atoms with Crippen molar-refractivity contribution in [2.75, 3.05) is 31.2 Å². The van der Waals surface area contributed by atoms with E-state index in [2.05, 4.69) is 11.0 Å². The van der Waals surface area contributed by atoms with Gasteiger partial charge in [-0.05, 0) is 37.3 Å². The van der Waals surface area contributed by atoms with E-state index < -0.39 is 0 Å². The minimum absolute atomic E-state index is 0.447. The summed E-state index contributed by atoms with van der Waals surface area (Å²) in [6, 6.07) is 2.15. The lowest BCUT2D eigenvalue weighted by atomic mass is 10.1. The molecule has 4 nitrogen and oxygen atoms in total. The Morgan fingerprint density at radius 2 is 2.16 bits per heavy atom. The summed E-state index contributed by atoms with van der Waals surface area (Å²) in [6.45, 7) is 3.39. The monoisotopic (exact) mass is 277 g/mol. The van der Waals surface area contributed by atoms with Crippen molar-refractivity contribution in [3.63, 3.8) is 0 Å². The van der Waals surface area contributed by atoms with Crippen molar-refractivity contribution in [3.05, 3.63) is 22.9 Å². The van der Waals surface area contributed by atoms with Crippen LogP contribution in [-0.2, 0) is 17.6 Å².